The third-order valence-electron chi connectivity index (χ3n) is 4.20. The summed E-state index contributed by atoms with van der Waals surface area (Å²) in [6.07, 6.45) is 0. The van der Waals surface area contributed by atoms with Gasteiger partial charge in [0.25, 0.3) is 5.91 Å². The Balaban J connectivity index is 0.00000261. The summed E-state index contributed by atoms with van der Waals surface area (Å²) in [4.78, 5) is 22.5. The van der Waals surface area contributed by atoms with Crippen LogP contribution in [0.4, 0.5) is 5.13 Å². The Morgan fingerprint density at radius 2 is 1.96 bits per heavy atom. The van der Waals surface area contributed by atoms with Crippen LogP contribution in [0.25, 0.3) is 10.2 Å². The highest BCUT2D eigenvalue weighted by molar-refractivity contribution is 9.10. The lowest BCUT2D eigenvalue weighted by molar-refractivity contribution is 0.0987. The van der Waals surface area contributed by atoms with Gasteiger partial charge in [0.05, 0.1) is 15.9 Å². The lowest BCUT2D eigenvalue weighted by atomic mass is 10.3. The van der Waals surface area contributed by atoms with Crippen LogP contribution in [0, 0.1) is 6.92 Å². The van der Waals surface area contributed by atoms with E-state index in [1.54, 1.807) is 4.90 Å². The highest BCUT2D eigenvalue weighted by atomic mass is 79.9. The van der Waals surface area contributed by atoms with E-state index in [2.05, 4.69) is 44.3 Å². The van der Waals surface area contributed by atoms with Gasteiger partial charge in [0.2, 0.25) is 0 Å². The van der Waals surface area contributed by atoms with Crippen molar-refractivity contribution in [3.05, 3.63) is 33.2 Å². The summed E-state index contributed by atoms with van der Waals surface area (Å²) in [7, 11) is 0. The second-order valence-corrected chi connectivity index (χ2v) is 8.46. The number of anilines is 1. The van der Waals surface area contributed by atoms with E-state index in [4.69, 9.17) is 4.98 Å². The Morgan fingerprint density at radius 1 is 1.22 bits per heavy atom. The van der Waals surface area contributed by atoms with E-state index >= 15 is 0 Å². The molecule has 0 radical (unpaired) electrons. The molecule has 0 unspecified atom stereocenters. The van der Waals surface area contributed by atoms with Gasteiger partial charge in [0, 0.05) is 17.6 Å². The topological polar surface area (TPSA) is 62.2 Å². The molecule has 10 heteroatoms. The molecule has 0 aliphatic heterocycles. The number of hydrogen-bond acceptors (Lipinski definition) is 7. The number of nitrogens with zero attached hydrogens (tertiary/aromatic N) is 5. The molecule has 0 saturated carbocycles. The zero-order valence-corrected chi connectivity index (χ0v) is 19.3. The van der Waals surface area contributed by atoms with Crippen molar-refractivity contribution < 1.29 is 4.79 Å². The Kier molecular flexibility index (Phi) is 8.11. The Labute approximate surface area is 181 Å². The first-order chi connectivity index (χ1) is 12.5. The van der Waals surface area contributed by atoms with Crippen molar-refractivity contribution in [3.63, 3.8) is 0 Å². The molecule has 27 heavy (non-hydrogen) atoms. The molecule has 1 amide bonds. The third kappa shape index (κ3) is 5.03. The average Bonchev–Trinajstić information content (AvgIpc) is 3.23. The molecule has 2 heterocycles. The molecule has 0 saturated heterocycles. The van der Waals surface area contributed by atoms with Gasteiger partial charge in [-0.15, -0.1) is 17.5 Å². The van der Waals surface area contributed by atoms with Crippen LogP contribution in [0.5, 0.6) is 0 Å². The van der Waals surface area contributed by atoms with E-state index in [-0.39, 0.29) is 18.3 Å². The second-order valence-electron chi connectivity index (χ2n) is 5.78. The zero-order chi connectivity index (χ0) is 18.7. The normalized spacial score (nSPS) is 11.0. The molecule has 0 atom stereocenters. The van der Waals surface area contributed by atoms with Crippen LogP contribution in [0.1, 0.15) is 29.2 Å². The number of benzene rings is 1. The summed E-state index contributed by atoms with van der Waals surface area (Å²) >= 11 is 6.16. The van der Waals surface area contributed by atoms with Gasteiger partial charge < -0.3 is 4.90 Å². The van der Waals surface area contributed by atoms with E-state index in [0.29, 0.717) is 22.2 Å². The van der Waals surface area contributed by atoms with Crippen LogP contribution < -0.4 is 4.90 Å². The van der Waals surface area contributed by atoms with Gasteiger partial charge in [-0.2, -0.15) is 0 Å². The van der Waals surface area contributed by atoms with Crippen molar-refractivity contribution in [2.45, 2.75) is 20.8 Å². The van der Waals surface area contributed by atoms with Crippen LogP contribution in [-0.4, -0.2) is 51.6 Å². The maximum Gasteiger partial charge on any atom is 0.273 e. The number of hydrogen-bond donors (Lipinski definition) is 0. The SMILES string of the molecule is CCN(CC)CCN(C(=O)c1snnc1C)c1nc2ccc(Br)cc2s1.Cl. The van der Waals surface area contributed by atoms with Crippen LogP contribution in [0.15, 0.2) is 22.7 Å². The Hall–Kier alpha value is -1.13. The average molecular weight is 491 g/mol. The van der Waals surface area contributed by atoms with Gasteiger partial charge in [-0.25, -0.2) is 4.98 Å². The standard InChI is InChI=1S/C17H20BrN5OS2.ClH/c1-4-22(5-2)8-9-23(16(24)15-11(3)20-21-26-15)17-19-13-7-6-12(18)10-14(13)25-17;/h6-7,10H,4-5,8-9H2,1-3H3;1H. The molecular formula is C17H21BrClN5OS2. The van der Waals surface area contributed by atoms with E-state index < -0.39 is 0 Å². The molecule has 0 N–H and O–H groups in total. The van der Waals surface area contributed by atoms with Gasteiger partial charge >= 0.3 is 0 Å². The van der Waals surface area contributed by atoms with E-state index in [9.17, 15) is 4.79 Å². The second kappa shape index (κ2) is 9.88. The van der Waals surface area contributed by atoms with Gasteiger partial charge in [-0.1, -0.05) is 45.6 Å². The minimum Gasteiger partial charge on any atom is -0.302 e. The van der Waals surface area contributed by atoms with Crippen molar-refractivity contribution in [1.82, 2.24) is 19.5 Å². The molecule has 1 aromatic carbocycles. The van der Waals surface area contributed by atoms with E-state index in [0.717, 1.165) is 45.9 Å². The van der Waals surface area contributed by atoms with Gasteiger partial charge in [0.15, 0.2) is 5.13 Å². The largest absolute Gasteiger partial charge is 0.302 e. The summed E-state index contributed by atoms with van der Waals surface area (Å²) in [6.45, 7) is 9.35. The fourth-order valence-corrected chi connectivity index (χ4v) is 4.77. The fourth-order valence-electron chi connectivity index (χ4n) is 2.62. The number of likely N-dealkylation sites (N-methyl/N-ethyl adjacent to an activating group) is 1. The number of rotatable bonds is 7. The Bertz CT molecular complexity index is 912. The number of amides is 1. The summed E-state index contributed by atoms with van der Waals surface area (Å²) in [5, 5.41) is 4.69. The highest BCUT2D eigenvalue weighted by Gasteiger charge is 2.25. The summed E-state index contributed by atoms with van der Waals surface area (Å²) in [5.74, 6) is -0.0808. The van der Waals surface area contributed by atoms with Gasteiger partial charge in [0.1, 0.15) is 4.88 Å². The molecule has 3 aromatic rings. The molecule has 2 aromatic heterocycles. The van der Waals surface area contributed by atoms with Crippen molar-refractivity contribution in [2.24, 2.45) is 0 Å². The molecule has 0 fully saturated rings. The number of aryl methyl sites for hydroxylation is 1. The molecule has 0 aliphatic rings. The lowest BCUT2D eigenvalue weighted by Gasteiger charge is -2.24. The van der Waals surface area contributed by atoms with Gasteiger partial charge in [-0.05, 0) is 49.7 Å². The number of carbonyl (C=O) groups excluding carboxylic acids is 1. The number of carbonyl (C=O) groups is 1. The number of fused-ring (bicyclic) bond motifs is 1. The van der Waals surface area contributed by atoms with Crippen LogP contribution >= 0.6 is 51.2 Å². The van der Waals surface area contributed by atoms with Crippen LogP contribution in [-0.2, 0) is 0 Å². The smallest absolute Gasteiger partial charge is 0.273 e. The van der Waals surface area contributed by atoms with Crippen LogP contribution in [0.3, 0.4) is 0 Å². The lowest BCUT2D eigenvalue weighted by Crippen LogP contribution is -2.38. The zero-order valence-electron chi connectivity index (χ0n) is 15.3. The number of halogens is 2. The van der Waals surface area contributed by atoms with E-state index in [1.807, 2.05) is 25.1 Å². The Morgan fingerprint density at radius 3 is 2.59 bits per heavy atom. The molecule has 0 bridgehead atoms. The van der Waals surface area contributed by atoms with E-state index in [1.165, 1.54) is 11.3 Å². The van der Waals surface area contributed by atoms with Crippen molar-refractivity contribution in [3.8, 4) is 0 Å². The number of thiazole rings is 1. The molecule has 6 nitrogen and oxygen atoms in total. The van der Waals surface area contributed by atoms with Crippen molar-refractivity contribution in [1.29, 1.82) is 0 Å². The number of aromatic nitrogens is 3. The minimum absolute atomic E-state index is 0. The van der Waals surface area contributed by atoms with Crippen LogP contribution in [0.2, 0.25) is 0 Å². The first-order valence-electron chi connectivity index (χ1n) is 8.42. The monoisotopic (exact) mass is 489 g/mol. The van der Waals surface area contributed by atoms with Crippen molar-refractivity contribution >= 4 is 72.5 Å². The van der Waals surface area contributed by atoms with Crippen molar-refractivity contribution in [2.75, 3.05) is 31.1 Å². The molecule has 0 aliphatic carbocycles. The maximum atomic E-state index is 13.2. The summed E-state index contributed by atoms with van der Waals surface area (Å²) < 4.78 is 5.96. The maximum absolute atomic E-state index is 13.2. The molecular weight excluding hydrogens is 470 g/mol. The first-order valence-corrected chi connectivity index (χ1v) is 10.8. The first kappa shape index (κ1) is 22.2. The minimum atomic E-state index is -0.0808. The highest BCUT2D eigenvalue weighted by Crippen LogP contribution is 2.32. The predicted octanol–water partition coefficient (Wildman–Crippen LogP) is 4.63. The quantitative estimate of drug-likeness (QED) is 0.483. The molecule has 3 rings (SSSR count). The third-order valence-corrected chi connectivity index (χ3v) is 6.55. The summed E-state index contributed by atoms with van der Waals surface area (Å²) in [6, 6.07) is 5.96. The fraction of sp³-hybridized carbons (Fsp3) is 0.412. The molecule has 146 valence electrons. The predicted molar refractivity (Wildman–Crippen MR) is 119 cm³/mol. The summed E-state index contributed by atoms with van der Waals surface area (Å²) in [5.41, 5.74) is 1.56. The molecule has 0 spiro atoms. The van der Waals surface area contributed by atoms with Gasteiger partial charge in [-0.3, -0.25) is 9.69 Å².